The second kappa shape index (κ2) is 5.64. The van der Waals surface area contributed by atoms with Crippen molar-refractivity contribution in [1.82, 2.24) is 0 Å². The fourth-order valence-electron chi connectivity index (χ4n) is 1.80. The molecule has 5 heteroatoms. The molecule has 3 N–H and O–H groups in total. The van der Waals surface area contributed by atoms with Gasteiger partial charge in [-0.3, -0.25) is 0 Å². The van der Waals surface area contributed by atoms with Crippen molar-refractivity contribution in [3.63, 3.8) is 0 Å². The van der Waals surface area contributed by atoms with Gasteiger partial charge in [0.25, 0.3) is 0 Å². The molecule has 0 atom stereocenters. The molecular weight excluding hydrogens is 252 g/mol. The minimum atomic E-state index is 0.378. The van der Waals surface area contributed by atoms with E-state index in [2.05, 4.69) is 11.4 Å². The van der Waals surface area contributed by atoms with Crippen LogP contribution in [-0.4, -0.2) is 7.11 Å². The number of nitrogens with two attached hydrogens (primary N) is 1. The third kappa shape index (κ3) is 2.47. The zero-order chi connectivity index (χ0) is 14.5. The zero-order valence-electron chi connectivity index (χ0n) is 10.8. The number of nitrogens with one attached hydrogen (secondary N) is 1. The fourth-order valence-corrected chi connectivity index (χ4v) is 1.80. The van der Waals surface area contributed by atoms with Crippen LogP contribution in [0.5, 0.6) is 5.75 Å². The Balaban J connectivity index is 2.45. The van der Waals surface area contributed by atoms with Gasteiger partial charge in [0.1, 0.15) is 17.9 Å². The van der Waals surface area contributed by atoms with E-state index in [1.807, 2.05) is 6.07 Å². The molecule has 0 fully saturated rings. The van der Waals surface area contributed by atoms with E-state index >= 15 is 0 Å². The second-order valence-electron chi connectivity index (χ2n) is 4.03. The molecular formula is C15H12N4O. The second-order valence-corrected chi connectivity index (χ2v) is 4.03. The van der Waals surface area contributed by atoms with Gasteiger partial charge in [0.05, 0.1) is 23.9 Å². The van der Waals surface area contributed by atoms with Crippen LogP contribution in [0.4, 0.5) is 17.1 Å². The van der Waals surface area contributed by atoms with E-state index in [0.717, 1.165) is 0 Å². The molecule has 0 bridgehead atoms. The number of nitrogens with zero attached hydrogens (tertiary/aromatic N) is 2. The van der Waals surface area contributed by atoms with Crippen molar-refractivity contribution >= 4 is 17.1 Å². The number of ether oxygens (including phenoxy) is 1. The van der Waals surface area contributed by atoms with Gasteiger partial charge >= 0.3 is 0 Å². The summed E-state index contributed by atoms with van der Waals surface area (Å²) in [6, 6.07) is 14.3. The predicted octanol–water partition coefficient (Wildman–Crippen LogP) is 2.76. The molecule has 0 spiro atoms. The van der Waals surface area contributed by atoms with Crippen LogP contribution in [0.3, 0.4) is 0 Å². The number of methoxy groups -OCH3 is 1. The number of nitrogen functional groups attached to an aromatic ring is 1. The maximum atomic E-state index is 9.14. The van der Waals surface area contributed by atoms with Gasteiger partial charge in [0.15, 0.2) is 0 Å². The third-order valence-corrected chi connectivity index (χ3v) is 2.81. The van der Waals surface area contributed by atoms with Crippen molar-refractivity contribution in [2.24, 2.45) is 0 Å². The Bertz CT molecular complexity index is 726. The Hall–Kier alpha value is -3.18. The Kier molecular flexibility index (Phi) is 3.74. The molecule has 20 heavy (non-hydrogen) atoms. The summed E-state index contributed by atoms with van der Waals surface area (Å²) in [5.41, 5.74) is 8.15. The van der Waals surface area contributed by atoms with E-state index in [1.54, 1.807) is 36.4 Å². The third-order valence-electron chi connectivity index (χ3n) is 2.81. The van der Waals surface area contributed by atoms with E-state index in [4.69, 9.17) is 21.0 Å². The molecule has 0 radical (unpaired) electrons. The molecule has 0 aliphatic carbocycles. The largest absolute Gasteiger partial charge is 0.495 e. The Morgan fingerprint density at radius 3 is 2.50 bits per heavy atom. The lowest BCUT2D eigenvalue weighted by atomic mass is 10.1. The van der Waals surface area contributed by atoms with Crippen LogP contribution in [0.25, 0.3) is 0 Å². The van der Waals surface area contributed by atoms with Crippen molar-refractivity contribution in [2.75, 3.05) is 18.2 Å². The molecule has 2 aromatic carbocycles. The summed E-state index contributed by atoms with van der Waals surface area (Å²) < 4.78 is 5.24. The molecule has 0 amide bonds. The van der Waals surface area contributed by atoms with E-state index in [1.165, 1.54) is 7.11 Å². The van der Waals surface area contributed by atoms with Crippen LogP contribution >= 0.6 is 0 Å². The fraction of sp³-hybridized carbons (Fsp3) is 0.0667. The van der Waals surface area contributed by atoms with Crippen molar-refractivity contribution < 1.29 is 4.74 Å². The topological polar surface area (TPSA) is 94.9 Å². The molecule has 0 aromatic heterocycles. The van der Waals surface area contributed by atoms with Gasteiger partial charge < -0.3 is 15.8 Å². The Labute approximate surface area is 116 Å². The van der Waals surface area contributed by atoms with Crippen molar-refractivity contribution in [3.8, 4) is 17.9 Å². The highest BCUT2D eigenvalue weighted by Crippen LogP contribution is 2.31. The zero-order valence-corrected chi connectivity index (χ0v) is 10.8. The first-order chi connectivity index (χ1) is 9.69. The molecule has 0 saturated carbocycles. The van der Waals surface area contributed by atoms with Gasteiger partial charge in [-0.25, -0.2) is 0 Å². The number of anilines is 3. The van der Waals surface area contributed by atoms with Gasteiger partial charge in [-0.2, -0.15) is 10.5 Å². The molecule has 2 aromatic rings. The minimum absolute atomic E-state index is 0.378. The van der Waals surface area contributed by atoms with Crippen LogP contribution < -0.4 is 15.8 Å². The van der Waals surface area contributed by atoms with Crippen LogP contribution in [0.1, 0.15) is 11.1 Å². The summed E-state index contributed by atoms with van der Waals surface area (Å²) in [6.45, 7) is 0. The SMILES string of the molecule is COc1cccc(C#N)c1Nc1ccc(N)c(C#N)c1. The van der Waals surface area contributed by atoms with Gasteiger partial charge in [-0.15, -0.1) is 0 Å². The van der Waals surface area contributed by atoms with Crippen LogP contribution in [-0.2, 0) is 0 Å². The summed E-state index contributed by atoms with van der Waals surface area (Å²) in [6.07, 6.45) is 0. The van der Waals surface area contributed by atoms with E-state index in [-0.39, 0.29) is 0 Å². The van der Waals surface area contributed by atoms with Gasteiger partial charge in [0.2, 0.25) is 0 Å². The molecule has 0 heterocycles. The quantitative estimate of drug-likeness (QED) is 0.831. The van der Waals surface area contributed by atoms with Crippen molar-refractivity contribution in [3.05, 3.63) is 47.5 Å². The lowest BCUT2D eigenvalue weighted by Gasteiger charge is -2.13. The van der Waals surface area contributed by atoms with Gasteiger partial charge in [0, 0.05) is 11.4 Å². The maximum Gasteiger partial charge on any atom is 0.143 e. The standard InChI is InChI=1S/C15H12N4O/c1-20-14-4-2-3-10(8-16)15(14)19-12-5-6-13(18)11(7-12)9-17/h2-7,19H,18H2,1H3. The average molecular weight is 264 g/mol. The first kappa shape index (κ1) is 13.3. The minimum Gasteiger partial charge on any atom is -0.495 e. The number of nitriles is 2. The number of hydrogen-bond acceptors (Lipinski definition) is 5. The molecule has 98 valence electrons. The van der Waals surface area contributed by atoms with E-state index in [9.17, 15) is 0 Å². The lowest BCUT2D eigenvalue weighted by Crippen LogP contribution is -1.99. The molecule has 0 aliphatic rings. The van der Waals surface area contributed by atoms with Gasteiger partial charge in [-0.1, -0.05) is 6.07 Å². The van der Waals surface area contributed by atoms with Crippen LogP contribution in [0.15, 0.2) is 36.4 Å². The summed E-state index contributed by atoms with van der Waals surface area (Å²) in [7, 11) is 1.53. The highest BCUT2D eigenvalue weighted by atomic mass is 16.5. The van der Waals surface area contributed by atoms with Crippen molar-refractivity contribution in [2.45, 2.75) is 0 Å². The first-order valence-corrected chi connectivity index (χ1v) is 5.83. The smallest absolute Gasteiger partial charge is 0.143 e. The number of benzene rings is 2. The monoisotopic (exact) mass is 264 g/mol. The maximum absolute atomic E-state index is 9.14. The van der Waals surface area contributed by atoms with E-state index in [0.29, 0.717) is 33.9 Å². The lowest BCUT2D eigenvalue weighted by molar-refractivity contribution is 0.416. The number of rotatable bonds is 3. The molecule has 2 rings (SSSR count). The summed E-state index contributed by atoms with van der Waals surface area (Å²) >= 11 is 0. The Morgan fingerprint density at radius 2 is 1.85 bits per heavy atom. The summed E-state index contributed by atoms with van der Waals surface area (Å²) in [5.74, 6) is 0.555. The molecule has 0 unspecified atom stereocenters. The average Bonchev–Trinajstić information content (AvgIpc) is 2.49. The van der Waals surface area contributed by atoms with Crippen molar-refractivity contribution in [1.29, 1.82) is 10.5 Å². The van der Waals surface area contributed by atoms with Crippen LogP contribution in [0, 0.1) is 22.7 Å². The summed E-state index contributed by atoms with van der Waals surface area (Å²) in [5, 5.41) is 21.2. The normalized spacial score (nSPS) is 9.35. The molecule has 0 saturated heterocycles. The van der Waals surface area contributed by atoms with Gasteiger partial charge in [-0.05, 0) is 30.3 Å². The van der Waals surface area contributed by atoms with E-state index < -0.39 is 0 Å². The predicted molar refractivity (Wildman–Crippen MR) is 76.6 cm³/mol. The Morgan fingerprint density at radius 1 is 1.10 bits per heavy atom. The number of hydrogen-bond donors (Lipinski definition) is 2. The molecule has 0 aliphatic heterocycles. The first-order valence-electron chi connectivity index (χ1n) is 5.83. The van der Waals surface area contributed by atoms with Crippen LogP contribution in [0.2, 0.25) is 0 Å². The highest BCUT2D eigenvalue weighted by molar-refractivity contribution is 5.74. The highest BCUT2D eigenvalue weighted by Gasteiger charge is 2.10. The molecule has 5 nitrogen and oxygen atoms in total. The number of para-hydroxylation sites is 1. The summed E-state index contributed by atoms with van der Waals surface area (Å²) in [4.78, 5) is 0.